The molecular formula is C78H54. The van der Waals surface area contributed by atoms with Gasteiger partial charge < -0.3 is 0 Å². The van der Waals surface area contributed by atoms with Crippen LogP contribution < -0.4 is 0 Å². The molecule has 78 heavy (non-hydrogen) atoms. The summed E-state index contributed by atoms with van der Waals surface area (Å²) >= 11 is 0. The molecule has 7 aliphatic rings. The minimum absolute atomic E-state index is 0.111. The smallest absolute Gasteiger partial charge is 0.0205 e. The summed E-state index contributed by atoms with van der Waals surface area (Å²) in [4.78, 5) is 0. The first-order chi connectivity index (χ1) is 38.5. The Morgan fingerprint density at radius 1 is 0.372 bits per heavy atom. The van der Waals surface area contributed by atoms with Crippen LogP contribution in [0.15, 0.2) is 267 Å². The normalized spacial score (nSPS) is 19.3. The van der Waals surface area contributed by atoms with E-state index in [-0.39, 0.29) is 11.8 Å². The van der Waals surface area contributed by atoms with E-state index < -0.39 is 0 Å². The fourth-order valence-electron chi connectivity index (χ4n) is 14.8. The summed E-state index contributed by atoms with van der Waals surface area (Å²) in [5, 5.41) is 2.78. The van der Waals surface area contributed by atoms with Crippen molar-refractivity contribution in [3.05, 3.63) is 323 Å². The quantitative estimate of drug-likeness (QED) is 0.142. The van der Waals surface area contributed by atoms with Crippen LogP contribution in [0.3, 0.4) is 0 Å². The van der Waals surface area contributed by atoms with Crippen molar-refractivity contribution in [3.63, 3.8) is 0 Å². The molecule has 4 unspecified atom stereocenters. The lowest BCUT2D eigenvalue weighted by Gasteiger charge is -2.40. The maximum atomic E-state index is 5.11. The summed E-state index contributed by atoms with van der Waals surface area (Å²) in [6.07, 6.45) is 28.7. The zero-order valence-corrected chi connectivity index (χ0v) is 43.8. The monoisotopic (exact) mass is 990 g/mol. The standard InChI is InChI=1S/C78H54/c1-46-18-14-19-47(2)74(46)53-35-36-59-63-38-39-65-60-33-17-30-57-52(34-37-64(76(57)60)66-40-41-67(69(59)43-53)77(63)78(65)66)42-70(58-29-13-12-28-56(58)50-22-8-5-9-23-50)73-45-72-62-32-16-25-51-24-15-31-61(75(51)62)71(72)44-68(73)48(3)54-26-10-11-27-55(54)49-20-6-4-7-21-49/h4-45,51,57,75-76H,3H2,1-2H3. The van der Waals surface area contributed by atoms with E-state index in [1.54, 1.807) is 0 Å². The Bertz CT molecular complexity index is 4430. The first-order valence-electron chi connectivity index (χ1n) is 27.8. The van der Waals surface area contributed by atoms with Gasteiger partial charge in [-0.2, -0.15) is 0 Å². The van der Waals surface area contributed by atoms with E-state index in [4.69, 9.17) is 6.58 Å². The molecule has 0 fully saturated rings. The molecule has 0 aliphatic heterocycles. The molecule has 0 N–H and O–H groups in total. The lowest BCUT2D eigenvalue weighted by molar-refractivity contribution is 0.667. The SMILES string of the molecule is C=C(c1cc2c(cc1C(=CC1=CC=C3c4ccc5c6c(ccc(c46)C4=CC=CC1C43)-c1ccc(-c3c(C)cccc3C)cc1-5)c1ccccc1-c1ccccc1)C1=CC=CC3C=CC=C2C13)c1ccccc1-c1ccccc1. The predicted octanol–water partition coefficient (Wildman–Crippen LogP) is 20.0. The second kappa shape index (κ2) is 17.3. The van der Waals surface area contributed by atoms with Crippen molar-refractivity contribution in [2.45, 2.75) is 13.8 Å². The molecule has 366 valence electrons. The Morgan fingerprint density at radius 3 is 1.58 bits per heavy atom. The first-order valence-corrected chi connectivity index (χ1v) is 27.8. The Morgan fingerprint density at radius 2 is 0.897 bits per heavy atom. The minimum atomic E-state index is 0.111. The second-order valence-corrected chi connectivity index (χ2v) is 22.3. The summed E-state index contributed by atoms with van der Waals surface area (Å²) in [7, 11) is 0. The number of benzene rings is 9. The molecule has 0 aromatic heterocycles. The molecule has 9 aromatic rings. The van der Waals surface area contributed by atoms with Crippen LogP contribution in [0.2, 0.25) is 0 Å². The molecule has 0 saturated carbocycles. The zero-order chi connectivity index (χ0) is 51.8. The van der Waals surface area contributed by atoms with Gasteiger partial charge in [0, 0.05) is 23.7 Å². The highest BCUT2D eigenvalue weighted by molar-refractivity contribution is 6.23. The van der Waals surface area contributed by atoms with Gasteiger partial charge in [0.25, 0.3) is 0 Å². The number of aryl methyl sites for hydroxylation is 2. The Balaban J connectivity index is 0.913. The molecule has 0 radical (unpaired) electrons. The minimum Gasteiger partial charge on any atom is -0.0905 e. The Hall–Kier alpha value is -9.36. The maximum absolute atomic E-state index is 5.11. The lowest BCUT2D eigenvalue weighted by Crippen LogP contribution is -2.25. The number of hydrogen-bond donors (Lipinski definition) is 0. The number of hydrogen-bond acceptors (Lipinski definition) is 0. The fraction of sp³-hybridized carbons (Fsp3) is 0.0769. The molecule has 0 bridgehead atoms. The summed E-state index contributed by atoms with van der Waals surface area (Å²) in [5.74, 6) is 0.890. The van der Waals surface area contributed by atoms with Crippen LogP contribution in [0.4, 0.5) is 0 Å². The van der Waals surface area contributed by atoms with Crippen molar-refractivity contribution < 1.29 is 0 Å². The largest absolute Gasteiger partial charge is 0.0905 e. The van der Waals surface area contributed by atoms with Crippen LogP contribution in [0.25, 0.3) is 99.8 Å². The third kappa shape index (κ3) is 6.60. The van der Waals surface area contributed by atoms with Gasteiger partial charge in [-0.25, -0.2) is 0 Å². The van der Waals surface area contributed by atoms with E-state index in [1.165, 1.54) is 144 Å². The molecule has 7 aliphatic carbocycles. The van der Waals surface area contributed by atoms with E-state index in [2.05, 4.69) is 269 Å². The van der Waals surface area contributed by atoms with Gasteiger partial charge in [-0.3, -0.25) is 0 Å². The van der Waals surface area contributed by atoms with Crippen LogP contribution in [0, 0.1) is 37.5 Å². The van der Waals surface area contributed by atoms with Crippen LogP contribution in [-0.2, 0) is 0 Å². The van der Waals surface area contributed by atoms with E-state index in [9.17, 15) is 0 Å². The van der Waals surface area contributed by atoms with Crippen molar-refractivity contribution in [1.82, 2.24) is 0 Å². The van der Waals surface area contributed by atoms with Gasteiger partial charge in [-0.15, -0.1) is 0 Å². The molecule has 0 nitrogen and oxygen atoms in total. The summed E-state index contributed by atoms with van der Waals surface area (Å²) in [6, 6.07) is 68.2. The maximum Gasteiger partial charge on any atom is 0.0205 e. The molecule has 0 spiro atoms. The Kier molecular flexibility index (Phi) is 9.98. The highest BCUT2D eigenvalue weighted by atomic mass is 14.4. The van der Waals surface area contributed by atoms with Gasteiger partial charge in [-0.1, -0.05) is 237 Å². The Labute approximate surface area is 457 Å². The molecule has 16 rings (SSSR count). The highest BCUT2D eigenvalue weighted by Gasteiger charge is 2.42. The third-order valence-corrected chi connectivity index (χ3v) is 18.2. The van der Waals surface area contributed by atoms with Crippen LogP contribution in [0.5, 0.6) is 0 Å². The van der Waals surface area contributed by atoms with Gasteiger partial charge in [0.05, 0.1) is 0 Å². The van der Waals surface area contributed by atoms with Gasteiger partial charge in [0.1, 0.15) is 0 Å². The van der Waals surface area contributed by atoms with E-state index in [0.717, 1.165) is 16.7 Å². The molecule has 0 amide bonds. The average molecular weight is 991 g/mol. The van der Waals surface area contributed by atoms with Gasteiger partial charge in [0.2, 0.25) is 0 Å². The zero-order valence-electron chi connectivity index (χ0n) is 43.8. The third-order valence-electron chi connectivity index (χ3n) is 18.2. The van der Waals surface area contributed by atoms with Crippen LogP contribution in [-0.4, -0.2) is 0 Å². The number of fused-ring (bicyclic) bond motifs is 8. The number of rotatable bonds is 8. The van der Waals surface area contributed by atoms with E-state index >= 15 is 0 Å². The molecule has 0 heterocycles. The predicted molar refractivity (Wildman–Crippen MR) is 330 cm³/mol. The van der Waals surface area contributed by atoms with E-state index in [1.807, 2.05) is 0 Å². The van der Waals surface area contributed by atoms with Crippen molar-refractivity contribution in [2.75, 3.05) is 0 Å². The van der Waals surface area contributed by atoms with Crippen molar-refractivity contribution in [1.29, 1.82) is 0 Å². The first kappa shape index (κ1) is 44.9. The number of allylic oxidation sites excluding steroid dienone is 17. The summed E-state index contributed by atoms with van der Waals surface area (Å²) in [5.41, 5.74) is 34.5. The summed E-state index contributed by atoms with van der Waals surface area (Å²) in [6.45, 7) is 9.58. The van der Waals surface area contributed by atoms with Gasteiger partial charge in [-0.05, 0) is 199 Å². The van der Waals surface area contributed by atoms with Gasteiger partial charge >= 0.3 is 0 Å². The van der Waals surface area contributed by atoms with Crippen LogP contribution >= 0.6 is 0 Å². The lowest BCUT2D eigenvalue weighted by atomic mass is 9.63. The molecule has 9 aromatic carbocycles. The summed E-state index contributed by atoms with van der Waals surface area (Å²) < 4.78 is 0. The molecule has 0 heteroatoms. The highest BCUT2D eigenvalue weighted by Crippen LogP contribution is 2.60. The second-order valence-electron chi connectivity index (χ2n) is 22.3. The van der Waals surface area contributed by atoms with E-state index in [0.29, 0.717) is 11.8 Å². The van der Waals surface area contributed by atoms with Crippen molar-refractivity contribution in [2.24, 2.45) is 23.7 Å². The molecule has 4 atom stereocenters. The molecule has 0 saturated heterocycles. The van der Waals surface area contributed by atoms with Crippen molar-refractivity contribution in [3.8, 4) is 55.6 Å². The topological polar surface area (TPSA) is 0 Å². The fourth-order valence-corrected chi connectivity index (χ4v) is 14.8. The van der Waals surface area contributed by atoms with Crippen LogP contribution in [0.1, 0.15) is 55.6 Å². The van der Waals surface area contributed by atoms with Crippen molar-refractivity contribution >= 4 is 44.2 Å². The molecular weight excluding hydrogens is 937 g/mol. The average Bonchev–Trinajstić information content (AvgIpc) is 4.19. The van der Waals surface area contributed by atoms with Gasteiger partial charge in [0.15, 0.2) is 0 Å².